The van der Waals surface area contributed by atoms with Gasteiger partial charge in [-0.15, -0.1) is 30.9 Å². The highest BCUT2D eigenvalue weighted by molar-refractivity contribution is 7.16. The van der Waals surface area contributed by atoms with Gasteiger partial charge in [0.15, 0.2) is 0 Å². The topological polar surface area (TPSA) is 9.23 Å². The molecule has 5 heteroatoms. The third kappa shape index (κ3) is 3.05. The van der Waals surface area contributed by atoms with E-state index in [1.165, 1.54) is 23.5 Å². The smallest absolute Gasteiger partial charge is 0.406 e. The monoisotopic (exact) mass is 268 g/mol. The summed E-state index contributed by atoms with van der Waals surface area (Å²) in [4.78, 5) is 1.68. The van der Waals surface area contributed by atoms with Crippen LogP contribution in [0.4, 0.5) is 13.2 Å². The molecule has 0 aliphatic rings. The molecule has 0 aliphatic heterocycles. The van der Waals surface area contributed by atoms with Gasteiger partial charge in [0.05, 0.1) is 4.88 Å². The van der Waals surface area contributed by atoms with Gasteiger partial charge in [0.1, 0.15) is 5.75 Å². The van der Waals surface area contributed by atoms with Crippen molar-refractivity contribution in [3.05, 3.63) is 41.3 Å². The van der Waals surface area contributed by atoms with Gasteiger partial charge in [0.25, 0.3) is 0 Å². The molecule has 1 nitrogen and oxygen atoms in total. The average molecular weight is 268 g/mol. The summed E-state index contributed by atoms with van der Waals surface area (Å²) in [7, 11) is 0. The Bertz CT molecular complexity index is 576. The predicted octanol–water partition coefficient (Wildman–Crippen LogP) is 4.30. The highest BCUT2D eigenvalue weighted by Gasteiger charge is 2.30. The van der Waals surface area contributed by atoms with Crippen molar-refractivity contribution in [2.24, 2.45) is 0 Å². The van der Waals surface area contributed by atoms with Gasteiger partial charge in [0.2, 0.25) is 0 Å². The third-order valence-electron chi connectivity index (χ3n) is 2.12. The maximum atomic E-state index is 12.0. The lowest BCUT2D eigenvalue weighted by atomic mass is 10.2. The summed E-state index contributed by atoms with van der Waals surface area (Å²) in [6, 6.07) is 9.30. The van der Waals surface area contributed by atoms with Gasteiger partial charge in [-0.3, -0.25) is 0 Å². The van der Waals surface area contributed by atoms with Gasteiger partial charge in [-0.25, -0.2) is 0 Å². The Morgan fingerprint density at radius 1 is 1.06 bits per heavy atom. The van der Waals surface area contributed by atoms with Crippen LogP contribution in [-0.2, 0) is 0 Å². The van der Waals surface area contributed by atoms with E-state index in [-0.39, 0.29) is 5.75 Å². The number of hydrogen-bond donors (Lipinski definition) is 0. The van der Waals surface area contributed by atoms with Crippen molar-refractivity contribution >= 4 is 11.3 Å². The standard InChI is InChI=1S/C13H7F3OS/c1-2-11-7-8-12(18-11)9-3-5-10(6-4-9)17-13(14,15)16/h1,3-8H. The number of halogens is 3. The number of thiophene rings is 1. The van der Waals surface area contributed by atoms with Crippen LogP contribution in [0.1, 0.15) is 4.88 Å². The molecule has 92 valence electrons. The Balaban J connectivity index is 2.20. The summed E-state index contributed by atoms with van der Waals surface area (Å²) in [6.45, 7) is 0. The lowest BCUT2D eigenvalue weighted by Crippen LogP contribution is -2.16. The molecule has 0 N–H and O–H groups in total. The second-order valence-corrected chi connectivity index (χ2v) is 4.46. The summed E-state index contributed by atoms with van der Waals surface area (Å²) in [5.41, 5.74) is 0.802. The van der Waals surface area contributed by atoms with Gasteiger partial charge >= 0.3 is 6.36 Å². The van der Waals surface area contributed by atoms with Crippen molar-refractivity contribution < 1.29 is 17.9 Å². The van der Waals surface area contributed by atoms with Crippen LogP contribution < -0.4 is 4.74 Å². The molecule has 2 aromatic rings. The Morgan fingerprint density at radius 2 is 1.72 bits per heavy atom. The van der Waals surface area contributed by atoms with E-state index in [2.05, 4.69) is 10.7 Å². The molecule has 0 saturated carbocycles. The number of alkyl halides is 3. The molecular weight excluding hydrogens is 261 g/mol. The quantitative estimate of drug-likeness (QED) is 0.738. The number of benzene rings is 1. The van der Waals surface area contributed by atoms with E-state index in [1.54, 1.807) is 18.2 Å². The second-order valence-electron chi connectivity index (χ2n) is 3.38. The molecule has 0 bridgehead atoms. The molecule has 0 saturated heterocycles. The summed E-state index contributed by atoms with van der Waals surface area (Å²) in [5.74, 6) is 2.27. The highest BCUT2D eigenvalue weighted by atomic mass is 32.1. The molecule has 18 heavy (non-hydrogen) atoms. The highest BCUT2D eigenvalue weighted by Crippen LogP contribution is 2.30. The average Bonchev–Trinajstić information content (AvgIpc) is 2.76. The van der Waals surface area contributed by atoms with Crippen molar-refractivity contribution in [2.75, 3.05) is 0 Å². The van der Waals surface area contributed by atoms with E-state index in [0.29, 0.717) is 0 Å². The molecule has 1 aromatic carbocycles. The predicted molar refractivity (Wildman–Crippen MR) is 64.4 cm³/mol. The molecule has 0 radical (unpaired) electrons. The maximum absolute atomic E-state index is 12.0. The van der Waals surface area contributed by atoms with Crippen LogP contribution >= 0.6 is 11.3 Å². The van der Waals surface area contributed by atoms with E-state index in [0.717, 1.165) is 15.3 Å². The Hall–Kier alpha value is -1.93. The zero-order chi connectivity index (χ0) is 13.2. The molecule has 1 aromatic heterocycles. The summed E-state index contributed by atoms with van der Waals surface area (Å²) >= 11 is 1.41. The SMILES string of the molecule is C#Cc1ccc(-c2ccc(OC(F)(F)F)cc2)s1. The van der Waals surface area contributed by atoms with Crippen LogP contribution in [0.2, 0.25) is 0 Å². The summed E-state index contributed by atoms with van der Waals surface area (Å²) in [6.07, 6.45) is 0.585. The number of hydrogen-bond acceptors (Lipinski definition) is 2. The summed E-state index contributed by atoms with van der Waals surface area (Å²) in [5, 5.41) is 0. The van der Waals surface area contributed by atoms with Gasteiger partial charge in [-0.1, -0.05) is 5.92 Å². The minimum atomic E-state index is -4.67. The lowest BCUT2D eigenvalue weighted by molar-refractivity contribution is -0.274. The van der Waals surface area contributed by atoms with Crippen LogP contribution in [0.3, 0.4) is 0 Å². The minimum absolute atomic E-state index is 0.236. The van der Waals surface area contributed by atoms with E-state index in [1.807, 2.05) is 6.07 Å². The van der Waals surface area contributed by atoms with Crippen molar-refractivity contribution in [3.8, 4) is 28.5 Å². The first-order valence-electron chi connectivity index (χ1n) is 4.90. The minimum Gasteiger partial charge on any atom is -0.406 e. The van der Waals surface area contributed by atoms with E-state index < -0.39 is 6.36 Å². The molecular formula is C13H7F3OS. The molecule has 1 heterocycles. The normalized spacial score (nSPS) is 11.0. The lowest BCUT2D eigenvalue weighted by Gasteiger charge is -2.08. The first-order valence-corrected chi connectivity index (χ1v) is 5.72. The largest absolute Gasteiger partial charge is 0.573 e. The zero-order valence-corrected chi connectivity index (χ0v) is 9.81. The Kier molecular flexibility index (Phi) is 3.30. The molecule has 0 unspecified atom stereocenters. The van der Waals surface area contributed by atoms with Crippen LogP contribution in [0, 0.1) is 12.3 Å². The van der Waals surface area contributed by atoms with Crippen molar-refractivity contribution in [1.82, 2.24) is 0 Å². The van der Waals surface area contributed by atoms with Crippen molar-refractivity contribution in [1.29, 1.82) is 0 Å². The Labute approximate surface area is 106 Å². The van der Waals surface area contributed by atoms with Gasteiger partial charge in [-0.05, 0) is 42.0 Å². The number of terminal acetylenes is 1. The molecule has 0 amide bonds. The first-order chi connectivity index (χ1) is 8.48. The molecule has 0 atom stereocenters. The van der Waals surface area contributed by atoms with E-state index >= 15 is 0 Å². The number of ether oxygens (including phenoxy) is 1. The third-order valence-corrected chi connectivity index (χ3v) is 3.19. The van der Waals surface area contributed by atoms with Crippen LogP contribution in [0.25, 0.3) is 10.4 Å². The van der Waals surface area contributed by atoms with E-state index in [4.69, 9.17) is 6.42 Å². The van der Waals surface area contributed by atoms with Crippen LogP contribution in [0.5, 0.6) is 5.75 Å². The molecule has 0 fully saturated rings. The number of rotatable bonds is 2. The molecule has 0 aliphatic carbocycles. The van der Waals surface area contributed by atoms with E-state index in [9.17, 15) is 13.2 Å². The first kappa shape index (κ1) is 12.5. The molecule has 2 rings (SSSR count). The van der Waals surface area contributed by atoms with Gasteiger partial charge < -0.3 is 4.74 Å². The molecule has 0 spiro atoms. The fraction of sp³-hybridized carbons (Fsp3) is 0.0769. The van der Waals surface area contributed by atoms with Crippen LogP contribution in [0.15, 0.2) is 36.4 Å². The Morgan fingerprint density at radius 3 is 2.22 bits per heavy atom. The van der Waals surface area contributed by atoms with Gasteiger partial charge in [-0.2, -0.15) is 0 Å². The van der Waals surface area contributed by atoms with Gasteiger partial charge in [0, 0.05) is 4.88 Å². The van der Waals surface area contributed by atoms with Crippen molar-refractivity contribution in [3.63, 3.8) is 0 Å². The fourth-order valence-corrected chi connectivity index (χ4v) is 2.21. The zero-order valence-electron chi connectivity index (χ0n) is 8.99. The maximum Gasteiger partial charge on any atom is 0.573 e. The van der Waals surface area contributed by atoms with Crippen LogP contribution in [-0.4, -0.2) is 6.36 Å². The van der Waals surface area contributed by atoms with Crippen molar-refractivity contribution in [2.45, 2.75) is 6.36 Å². The second kappa shape index (κ2) is 4.75. The fourth-order valence-electron chi connectivity index (χ4n) is 1.39. The summed E-state index contributed by atoms with van der Waals surface area (Å²) < 4.78 is 39.7.